The lowest BCUT2D eigenvalue weighted by Crippen LogP contribution is -2.43. The summed E-state index contributed by atoms with van der Waals surface area (Å²) < 4.78 is 13.1. The molecule has 2 aromatic rings. The van der Waals surface area contributed by atoms with Gasteiger partial charge in [0.15, 0.2) is 4.84 Å². The van der Waals surface area contributed by atoms with E-state index >= 15 is 0 Å². The van der Waals surface area contributed by atoms with Gasteiger partial charge in [-0.3, -0.25) is 4.79 Å². The number of benzene rings is 1. The Hall–Kier alpha value is -1.76. The van der Waals surface area contributed by atoms with Gasteiger partial charge < -0.3 is 10.4 Å². The maximum atomic E-state index is 13.1. The second-order valence-corrected chi connectivity index (χ2v) is 5.86. The maximum absolute atomic E-state index is 13.1. The smallest absolute Gasteiger partial charge is 0.253 e. The Labute approximate surface area is 142 Å². The van der Waals surface area contributed by atoms with Crippen LogP contribution < -0.4 is 5.32 Å². The highest BCUT2D eigenvalue weighted by molar-refractivity contribution is 6.53. The fraction of sp³-hybridized carbons (Fsp3) is 0.267. The predicted octanol–water partition coefficient (Wildman–Crippen LogP) is 2.44. The van der Waals surface area contributed by atoms with Gasteiger partial charge in [0, 0.05) is 18.0 Å². The number of nitrogens with one attached hydrogen (secondary N) is 1. The summed E-state index contributed by atoms with van der Waals surface area (Å²) in [6, 6.07) is 5.65. The number of halogens is 3. The molecule has 122 valence electrons. The fourth-order valence-electron chi connectivity index (χ4n) is 2.00. The number of aliphatic hydroxyl groups is 1. The standard InChI is InChI=1S/C15H14Cl2FN3O2/c16-14(17)15(23)21-12(5-18)13(22)10-3-1-9(2-4-10)11-6-19-8-20-7-11/h1-4,6-8,12-14,22H,5H2,(H,21,23). The van der Waals surface area contributed by atoms with Gasteiger partial charge >= 0.3 is 0 Å². The third-order valence-corrected chi connectivity index (χ3v) is 3.62. The second-order valence-electron chi connectivity index (χ2n) is 4.76. The van der Waals surface area contributed by atoms with E-state index in [4.69, 9.17) is 23.2 Å². The molecule has 1 aromatic heterocycles. The van der Waals surface area contributed by atoms with Crippen molar-refractivity contribution in [3.63, 3.8) is 0 Å². The van der Waals surface area contributed by atoms with Crippen LogP contribution in [0.15, 0.2) is 43.0 Å². The van der Waals surface area contributed by atoms with Gasteiger partial charge in [-0.05, 0) is 11.1 Å². The highest BCUT2D eigenvalue weighted by Crippen LogP contribution is 2.23. The molecule has 2 unspecified atom stereocenters. The van der Waals surface area contributed by atoms with Crippen molar-refractivity contribution in [2.75, 3.05) is 6.67 Å². The van der Waals surface area contributed by atoms with Gasteiger partial charge in [0.1, 0.15) is 19.1 Å². The van der Waals surface area contributed by atoms with Crippen LogP contribution in [-0.2, 0) is 4.79 Å². The summed E-state index contributed by atoms with van der Waals surface area (Å²) in [5, 5.41) is 12.5. The van der Waals surface area contributed by atoms with Crippen LogP contribution in [0.5, 0.6) is 0 Å². The molecule has 1 heterocycles. The molecule has 1 amide bonds. The highest BCUT2D eigenvalue weighted by atomic mass is 35.5. The van der Waals surface area contributed by atoms with Crippen LogP contribution in [0.1, 0.15) is 11.7 Å². The first-order valence-electron chi connectivity index (χ1n) is 6.71. The number of alkyl halides is 3. The van der Waals surface area contributed by atoms with Crippen LogP contribution in [0.4, 0.5) is 4.39 Å². The number of amides is 1. The molecule has 0 saturated heterocycles. The Morgan fingerprint density at radius 2 is 1.78 bits per heavy atom. The first-order valence-corrected chi connectivity index (χ1v) is 7.58. The molecule has 0 aliphatic rings. The van der Waals surface area contributed by atoms with E-state index in [9.17, 15) is 14.3 Å². The lowest BCUT2D eigenvalue weighted by molar-refractivity contribution is -0.121. The van der Waals surface area contributed by atoms with Crippen molar-refractivity contribution >= 4 is 29.1 Å². The Balaban J connectivity index is 2.12. The van der Waals surface area contributed by atoms with Crippen LogP contribution in [0.25, 0.3) is 11.1 Å². The third-order valence-electron chi connectivity index (χ3n) is 3.22. The van der Waals surface area contributed by atoms with E-state index in [1.54, 1.807) is 36.7 Å². The number of aromatic nitrogens is 2. The number of hydrogen-bond donors (Lipinski definition) is 2. The van der Waals surface area contributed by atoms with Crippen molar-refractivity contribution in [3.05, 3.63) is 48.5 Å². The number of aliphatic hydroxyl groups excluding tert-OH is 1. The topological polar surface area (TPSA) is 75.1 Å². The first kappa shape index (κ1) is 17.6. The predicted molar refractivity (Wildman–Crippen MR) is 85.8 cm³/mol. The van der Waals surface area contributed by atoms with Gasteiger partial charge in [-0.25, -0.2) is 14.4 Å². The van der Waals surface area contributed by atoms with E-state index in [1.165, 1.54) is 6.33 Å². The first-order chi connectivity index (χ1) is 11.0. The molecule has 0 aliphatic heterocycles. The van der Waals surface area contributed by atoms with Gasteiger partial charge in [-0.1, -0.05) is 47.5 Å². The minimum absolute atomic E-state index is 0.453. The van der Waals surface area contributed by atoms with Crippen LogP contribution in [-0.4, -0.2) is 38.5 Å². The zero-order chi connectivity index (χ0) is 16.8. The number of nitrogens with zero attached hydrogens (tertiary/aromatic N) is 2. The number of carbonyl (C=O) groups is 1. The molecule has 0 radical (unpaired) electrons. The molecule has 1 aromatic carbocycles. The quantitative estimate of drug-likeness (QED) is 0.778. The molecule has 0 bridgehead atoms. The van der Waals surface area contributed by atoms with E-state index in [0.29, 0.717) is 5.56 Å². The summed E-state index contributed by atoms with van der Waals surface area (Å²) in [6.45, 7) is -0.957. The van der Waals surface area contributed by atoms with E-state index in [0.717, 1.165) is 11.1 Å². The normalized spacial score (nSPS) is 13.6. The van der Waals surface area contributed by atoms with Crippen LogP contribution in [0.3, 0.4) is 0 Å². The SMILES string of the molecule is O=C(NC(CF)C(O)c1ccc(-c2cncnc2)cc1)C(Cl)Cl. The van der Waals surface area contributed by atoms with Crippen LogP contribution in [0, 0.1) is 0 Å². The van der Waals surface area contributed by atoms with Gasteiger partial charge in [0.05, 0.1) is 6.04 Å². The van der Waals surface area contributed by atoms with Crippen molar-refractivity contribution in [2.45, 2.75) is 17.0 Å². The van der Waals surface area contributed by atoms with Gasteiger partial charge in [-0.2, -0.15) is 0 Å². The molecule has 0 spiro atoms. The molecule has 0 aliphatic carbocycles. The number of carbonyl (C=O) groups excluding carboxylic acids is 1. The Morgan fingerprint density at radius 1 is 1.17 bits per heavy atom. The Kier molecular flexibility index (Phi) is 6.27. The molecule has 0 saturated carbocycles. The average Bonchev–Trinajstić information content (AvgIpc) is 2.59. The minimum Gasteiger partial charge on any atom is -0.386 e. The summed E-state index contributed by atoms with van der Waals surface area (Å²) in [7, 11) is 0. The van der Waals surface area contributed by atoms with Crippen LogP contribution in [0.2, 0.25) is 0 Å². The van der Waals surface area contributed by atoms with Crippen molar-refractivity contribution in [1.29, 1.82) is 0 Å². The second kappa shape index (κ2) is 8.19. The summed E-state index contributed by atoms with van der Waals surface area (Å²) in [4.78, 5) is 18.0. The largest absolute Gasteiger partial charge is 0.386 e. The Bertz CT molecular complexity index is 641. The summed E-state index contributed by atoms with van der Waals surface area (Å²) >= 11 is 10.8. The molecule has 0 fully saturated rings. The molecule has 5 nitrogen and oxygen atoms in total. The molecule has 2 atom stereocenters. The lowest BCUT2D eigenvalue weighted by Gasteiger charge is -2.22. The monoisotopic (exact) mass is 357 g/mol. The average molecular weight is 358 g/mol. The van der Waals surface area contributed by atoms with Crippen molar-refractivity contribution in [1.82, 2.24) is 15.3 Å². The summed E-state index contributed by atoms with van der Waals surface area (Å²) in [6.07, 6.45) is 3.52. The van der Waals surface area contributed by atoms with Gasteiger partial charge in [-0.15, -0.1) is 0 Å². The summed E-state index contributed by atoms with van der Waals surface area (Å²) in [5.41, 5.74) is 2.12. The molecule has 23 heavy (non-hydrogen) atoms. The fourth-order valence-corrected chi connectivity index (χ4v) is 2.13. The molecular formula is C15H14Cl2FN3O2. The van der Waals surface area contributed by atoms with Crippen molar-refractivity contribution in [2.24, 2.45) is 0 Å². The minimum atomic E-state index is -1.32. The zero-order valence-corrected chi connectivity index (χ0v) is 13.4. The van der Waals surface area contributed by atoms with Crippen molar-refractivity contribution < 1.29 is 14.3 Å². The van der Waals surface area contributed by atoms with E-state index in [-0.39, 0.29) is 0 Å². The van der Waals surface area contributed by atoms with E-state index in [1.807, 2.05) is 0 Å². The van der Waals surface area contributed by atoms with Crippen molar-refractivity contribution in [3.8, 4) is 11.1 Å². The number of hydrogen-bond acceptors (Lipinski definition) is 4. The molecule has 8 heteroatoms. The van der Waals surface area contributed by atoms with Gasteiger partial charge in [0.25, 0.3) is 5.91 Å². The van der Waals surface area contributed by atoms with E-state index < -0.39 is 29.6 Å². The van der Waals surface area contributed by atoms with Crippen LogP contribution >= 0.6 is 23.2 Å². The molecule has 2 rings (SSSR count). The third kappa shape index (κ3) is 4.60. The zero-order valence-electron chi connectivity index (χ0n) is 11.9. The maximum Gasteiger partial charge on any atom is 0.253 e. The van der Waals surface area contributed by atoms with E-state index in [2.05, 4.69) is 15.3 Å². The number of rotatable bonds is 6. The molecular weight excluding hydrogens is 344 g/mol. The Morgan fingerprint density at radius 3 is 2.30 bits per heavy atom. The highest BCUT2D eigenvalue weighted by Gasteiger charge is 2.25. The van der Waals surface area contributed by atoms with Gasteiger partial charge in [0.2, 0.25) is 0 Å². The molecule has 2 N–H and O–H groups in total. The summed E-state index contributed by atoms with van der Waals surface area (Å²) in [5.74, 6) is -0.756. The lowest BCUT2D eigenvalue weighted by atomic mass is 10.00.